The lowest BCUT2D eigenvalue weighted by Gasteiger charge is -2.07. The van der Waals surface area contributed by atoms with E-state index in [0.29, 0.717) is 16.4 Å². The first-order chi connectivity index (χ1) is 5.70. The van der Waals surface area contributed by atoms with Crippen molar-refractivity contribution in [2.24, 2.45) is 0 Å². The Bertz CT molecular complexity index is 289. The van der Waals surface area contributed by atoms with Crippen LogP contribution in [0.3, 0.4) is 0 Å². The Labute approximate surface area is 82.5 Å². The Morgan fingerprint density at radius 3 is 2.42 bits per heavy atom. The summed E-state index contributed by atoms with van der Waals surface area (Å²) in [4.78, 5) is 0. The van der Waals surface area contributed by atoms with Crippen LogP contribution in [-0.2, 0) is 12.6 Å². The molecule has 1 aromatic carbocycles. The molecule has 4 radical (unpaired) electrons. The quantitative estimate of drug-likeness (QED) is 0.671. The average Bonchev–Trinajstić information content (AvgIpc) is 2.09. The summed E-state index contributed by atoms with van der Waals surface area (Å²) in [6.07, 6.45) is 0.495. The smallest absolute Gasteiger partial charge is 0.140 e. The van der Waals surface area contributed by atoms with Crippen LogP contribution in [0.15, 0.2) is 16.6 Å². The van der Waals surface area contributed by atoms with E-state index in [1.54, 1.807) is 12.1 Å². The highest BCUT2D eigenvalue weighted by atomic mass is 79.9. The minimum Gasteiger partial charge on any atom is -0.205 e. The van der Waals surface area contributed by atoms with Crippen LogP contribution in [0.4, 0.5) is 4.39 Å². The molecule has 12 heavy (non-hydrogen) atoms. The molecular weight excluding hydrogens is 217 g/mol. The van der Waals surface area contributed by atoms with Crippen molar-refractivity contribution in [2.75, 3.05) is 0 Å². The molecule has 4 heteroatoms. The summed E-state index contributed by atoms with van der Waals surface area (Å²) in [6.45, 7) is 0. The van der Waals surface area contributed by atoms with E-state index in [4.69, 9.17) is 15.7 Å². The second-order valence-electron chi connectivity index (χ2n) is 2.41. The minimum atomic E-state index is -0.305. The standard InChI is InChI=1S/C8H6B2BrF/c9-3-5-1-2-7(11)8(12)6(5)4-10/h1-2H,3-4H2. The normalized spacial score (nSPS) is 10.2. The van der Waals surface area contributed by atoms with Gasteiger partial charge in [0.25, 0.3) is 0 Å². The number of hydrogen-bond donors (Lipinski definition) is 0. The molecule has 58 valence electrons. The van der Waals surface area contributed by atoms with E-state index < -0.39 is 0 Å². The van der Waals surface area contributed by atoms with Crippen LogP contribution in [0.1, 0.15) is 11.1 Å². The van der Waals surface area contributed by atoms with Crippen molar-refractivity contribution in [2.45, 2.75) is 12.6 Å². The maximum Gasteiger partial charge on any atom is 0.140 e. The summed E-state index contributed by atoms with van der Waals surface area (Å²) in [5.74, 6) is -0.305. The van der Waals surface area contributed by atoms with E-state index in [0.717, 1.165) is 5.56 Å². The van der Waals surface area contributed by atoms with E-state index >= 15 is 0 Å². The molecule has 0 unspecified atom stereocenters. The SMILES string of the molecule is [B]Cc1ccc(Br)c(F)c1C[B]. The highest BCUT2D eigenvalue weighted by Crippen LogP contribution is 2.22. The molecule has 0 saturated carbocycles. The van der Waals surface area contributed by atoms with Gasteiger partial charge in [-0.1, -0.05) is 24.3 Å². The lowest BCUT2D eigenvalue weighted by Crippen LogP contribution is -1.99. The van der Waals surface area contributed by atoms with Gasteiger partial charge in [-0.05, 0) is 27.6 Å². The van der Waals surface area contributed by atoms with Crippen LogP contribution in [0.5, 0.6) is 0 Å². The lowest BCUT2D eigenvalue weighted by molar-refractivity contribution is 0.608. The van der Waals surface area contributed by atoms with Gasteiger partial charge in [-0.15, -0.1) is 0 Å². The second kappa shape index (κ2) is 4.13. The fourth-order valence-corrected chi connectivity index (χ4v) is 1.42. The van der Waals surface area contributed by atoms with Crippen LogP contribution in [-0.4, -0.2) is 15.7 Å². The highest BCUT2D eigenvalue weighted by molar-refractivity contribution is 9.10. The Hall–Kier alpha value is -0.240. The average molecular weight is 223 g/mol. The summed E-state index contributed by atoms with van der Waals surface area (Å²) >= 11 is 3.08. The molecule has 0 aliphatic heterocycles. The van der Waals surface area contributed by atoms with Gasteiger partial charge in [0.1, 0.15) is 5.82 Å². The third kappa shape index (κ3) is 1.74. The van der Waals surface area contributed by atoms with Crippen molar-refractivity contribution in [1.82, 2.24) is 0 Å². The van der Waals surface area contributed by atoms with Gasteiger partial charge in [0.05, 0.1) is 20.2 Å². The fourth-order valence-electron chi connectivity index (χ4n) is 1.04. The first-order valence-electron chi connectivity index (χ1n) is 3.56. The maximum absolute atomic E-state index is 13.3. The van der Waals surface area contributed by atoms with Crippen molar-refractivity contribution in [1.29, 1.82) is 0 Å². The molecule has 0 bridgehead atoms. The van der Waals surface area contributed by atoms with E-state index in [1.165, 1.54) is 0 Å². The summed E-state index contributed by atoms with van der Waals surface area (Å²) in [5.41, 5.74) is 1.25. The molecule has 0 fully saturated rings. The predicted octanol–water partition coefficient (Wildman–Crippen LogP) is 1.93. The van der Waals surface area contributed by atoms with Crippen molar-refractivity contribution in [3.05, 3.63) is 33.5 Å². The Kier molecular flexibility index (Phi) is 3.39. The lowest BCUT2D eigenvalue weighted by atomic mass is 9.86. The molecule has 0 spiro atoms. The van der Waals surface area contributed by atoms with Crippen molar-refractivity contribution < 1.29 is 4.39 Å². The van der Waals surface area contributed by atoms with Crippen molar-refractivity contribution >= 4 is 31.6 Å². The van der Waals surface area contributed by atoms with Crippen molar-refractivity contribution in [3.63, 3.8) is 0 Å². The van der Waals surface area contributed by atoms with Crippen LogP contribution in [0, 0.1) is 5.82 Å². The Morgan fingerprint density at radius 2 is 1.92 bits per heavy atom. The molecule has 0 heterocycles. The first-order valence-corrected chi connectivity index (χ1v) is 4.36. The van der Waals surface area contributed by atoms with Gasteiger partial charge < -0.3 is 0 Å². The highest BCUT2D eigenvalue weighted by Gasteiger charge is 2.07. The van der Waals surface area contributed by atoms with Gasteiger partial charge in [-0.2, -0.15) is 0 Å². The van der Waals surface area contributed by atoms with E-state index in [9.17, 15) is 4.39 Å². The Morgan fingerprint density at radius 1 is 1.25 bits per heavy atom. The molecule has 0 aliphatic carbocycles. The Balaban J connectivity index is 3.25. The molecule has 0 aliphatic rings. The fraction of sp³-hybridized carbons (Fsp3) is 0.250. The summed E-state index contributed by atoms with van der Waals surface area (Å²) in [6, 6.07) is 3.41. The number of benzene rings is 1. The van der Waals surface area contributed by atoms with E-state index in [2.05, 4.69) is 15.9 Å². The van der Waals surface area contributed by atoms with Gasteiger partial charge in [-0.25, -0.2) is 4.39 Å². The van der Waals surface area contributed by atoms with Crippen LogP contribution in [0.2, 0.25) is 0 Å². The minimum absolute atomic E-state index is 0.178. The third-order valence-corrected chi connectivity index (χ3v) is 2.33. The van der Waals surface area contributed by atoms with Gasteiger partial charge >= 0.3 is 0 Å². The molecule has 0 saturated heterocycles. The van der Waals surface area contributed by atoms with Crippen LogP contribution in [0.25, 0.3) is 0 Å². The molecule has 1 aromatic rings. The molecular formula is C8H6B2BrF. The van der Waals surface area contributed by atoms with Gasteiger partial charge in [0.15, 0.2) is 0 Å². The van der Waals surface area contributed by atoms with E-state index in [-0.39, 0.29) is 12.1 Å². The monoisotopic (exact) mass is 222 g/mol. The molecule has 0 N–H and O–H groups in total. The van der Waals surface area contributed by atoms with Gasteiger partial charge in [-0.3, -0.25) is 0 Å². The number of halogens is 2. The van der Waals surface area contributed by atoms with E-state index in [1.807, 2.05) is 0 Å². The van der Waals surface area contributed by atoms with Crippen LogP contribution < -0.4 is 0 Å². The predicted molar refractivity (Wildman–Crippen MR) is 53.0 cm³/mol. The summed E-state index contributed by atoms with van der Waals surface area (Å²) < 4.78 is 13.7. The summed E-state index contributed by atoms with van der Waals surface area (Å²) in [5, 5.41) is 0. The van der Waals surface area contributed by atoms with Gasteiger partial charge in [0.2, 0.25) is 0 Å². The molecule has 1 rings (SSSR count). The molecule has 0 nitrogen and oxygen atoms in total. The van der Waals surface area contributed by atoms with Crippen molar-refractivity contribution in [3.8, 4) is 0 Å². The largest absolute Gasteiger partial charge is 0.205 e. The third-order valence-electron chi connectivity index (χ3n) is 1.72. The first kappa shape index (κ1) is 9.84. The zero-order chi connectivity index (χ0) is 9.14. The zero-order valence-electron chi connectivity index (χ0n) is 6.48. The topological polar surface area (TPSA) is 0 Å². The maximum atomic E-state index is 13.3. The molecule has 0 atom stereocenters. The van der Waals surface area contributed by atoms with Gasteiger partial charge in [0, 0.05) is 0 Å². The van der Waals surface area contributed by atoms with Crippen LogP contribution >= 0.6 is 15.9 Å². The number of hydrogen-bond acceptors (Lipinski definition) is 0. The zero-order valence-corrected chi connectivity index (χ0v) is 8.07. The molecule has 0 aromatic heterocycles. The molecule has 0 amide bonds. The second-order valence-corrected chi connectivity index (χ2v) is 3.26. The summed E-state index contributed by atoms with van der Waals surface area (Å²) in [7, 11) is 10.8. The number of rotatable bonds is 2.